The highest BCUT2D eigenvalue weighted by Crippen LogP contribution is 2.14. The molecule has 0 saturated heterocycles. The van der Waals surface area contributed by atoms with Crippen molar-refractivity contribution in [2.75, 3.05) is 0 Å². The summed E-state index contributed by atoms with van der Waals surface area (Å²) in [5, 5.41) is 4.30. The van der Waals surface area contributed by atoms with E-state index >= 15 is 0 Å². The molecule has 2 N–H and O–H groups in total. The Bertz CT molecular complexity index is 551. The highest BCUT2D eigenvalue weighted by Gasteiger charge is 2.14. The van der Waals surface area contributed by atoms with Gasteiger partial charge in [0.2, 0.25) is 5.91 Å². The van der Waals surface area contributed by atoms with Gasteiger partial charge in [-0.05, 0) is 6.42 Å². The molecular formula is C12H16N6O. The summed E-state index contributed by atoms with van der Waals surface area (Å²) in [5.41, 5.74) is 5.81. The molecule has 0 unspecified atom stereocenters. The first-order valence-corrected chi connectivity index (χ1v) is 6.19. The second-order valence-corrected chi connectivity index (χ2v) is 4.16. The van der Waals surface area contributed by atoms with Gasteiger partial charge in [-0.2, -0.15) is 5.10 Å². The predicted molar refractivity (Wildman–Crippen MR) is 68.9 cm³/mol. The maximum atomic E-state index is 10.9. The molecule has 0 spiro atoms. The molecule has 100 valence electrons. The molecule has 2 rings (SSSR count). The van der Waals surface area contributed by atoms with Crippen LogP contribution in [0.3, 0.4) is 0 Å². The molecule has 0 bridgehead atoms. The van der Waals surface area contributed by atoms with Gasteiger partial charge in [0.05, 0.1) is 12.6 Å². The molecule has 7 heteroatoms. The zero-order chi connectivity index (χ0) is 13.7. The maximum Gasteiger partial charge on any atom is 0.225 e. The summed E-state index contributed by atoms with van der Waals surface area (Å²) in [6.45, 7) is 2.83. The van der Waals surface area contributed by atoms with Crippen LogP contribution in [0.4, 0.5) is 0 Å². The topological polar surface area (TPSA) is 99.6 Å². The van der Waals surface area contributed by atoms with Crippen LogP contribution < -0.4 is 5.73 Å². The van der Waals surface area contributed by atoms with E-state index < -0.39 is 5.91 Å². The summed E-state index contributed by atoms with van der Waals surface area (Å²) in [5.74, 6) is 0.598. The quantitative estimate of drug-likeness (QED) is 0.818. The Kier molecular flexibility index (Phi) is 4.17. The fraction of sp³-hybridized carbons (Fsp3) is 0.417. The van der Waals surface area contributed by atoms with Gasteiger partial charge in [-0.15, -0.1) is 0 Å². The molecule has 0 aliphatic heterocycles. The van der Waals surface area contributed by atoms with E-state index in [0.29, 0.717) is 17.3 Å². The van der Waals surface area contributed by atoms with Crippen molar-refractivity contribution in [3.63, 3.8) is 0 Å². The Morgan fingerprint density at radius 3 is 2.89 bits per heavy atom. The number of amides is 1. The third-order valence-corrected chi connectivity index (χ3v) is 2.56. The van der Waals surface area contributed by atoms with E-state index in [-0.39, 0.29) is 6.42 Å². The standard InChI is InChI=1S/C12H16N6O/c1-2-3-6-18-12(9-8-14-4-5-15-9)16-11(17-18)7-10(13)19/h4-5,8H,2-3,6-7H2,1H3,(H2,13,19). The molecule has 0 radical (unpaired) electrons. The molecule has 2 aromatic rings. The van der Waals surface area contributed by atoms with Crippen LogP contribution in [0.5, 0.6) is 0 Å². The smallest absolute Gasteiger partial charge is 0.225 e. The summed E-state index contributed by atoms with van der Waals surface area (Å²) < 4.78 is 1.76. The summed E-state index contributed by atoms with van der Waals surface area (Å²) >= 11 is 0. The first-order valence-electron chi connectivity index (χ1n) is 6.19. The maximum absolute atomic E-state index is 10.9. The average molecular weight is 260 g/mol. The Hall–Kier alpha value is -2.31. The Labute approximate surface area is 110 Å². The first kappa shape index (κ1) is 13.1. The number of hydrogen-bond acceptors (Lipinski definition) is 5. The van der Waals surface area contributed by atoms with Gasteiger partial charge in [0.1, 0.15) is 5.69 Å². The third-order valence-electron chi connectivity index (χ3n) is 2.56. The van der Waals surface area contributed by atoms with Crippen LogP contribution in [0, 0.1) is 0 Å². The lowest BCUT2D eigenvalue weighted by Crippen LogP contribution is -2.14. The van der Waals surface area contributed by atoms with Crippen molar-refractivity contribution in [1.29, 1.82) is 0 Å². The zero-order valence-electron chi connectivity index (χ0n) is 10.8. The lowest BCUT2D eigenvalue weighted by Gasteiger charge is -2.03. The van der Waals surface area contributed by atoms with Gasteiger partial charge >= 0.3 is 0 Å². The van der Waals surface area contributed by atoms with Crippen molar-refractivity contribution in [3.8, 4) is 11.5 Å². The van der Waals surface area contributed by atoms with Crippen molar-refractivity contribution in [1.82, 2.24) is 24.7 Å². The molecule has 0 fully saturated rings. The number of aryl methyl sites for hydroxylation is 1. The van der Waals surface area contributed by atoms with Crippen molar-refractivity contribution in [3.05, 3.63) is 24.4 Å². The van der Waals surface area contributed by atoms with Gasteiger partial charge in [-0.1, -0.05) is 13.3 Å². The number of primary amides is 1. The second kappa shape index (κ2) is 6.03. The van der Waals surface area contributed by atoms with E-state index in [4.69, 9.17) is 5.73 Å². The fourth-order valence-corrected chi connectivity index (χ4v) is 1.69. The first-order chi connectivity index (χ1) is 9.20. The summed E-state index contributed by atoms with van der Waals surface area (Å²) in [4.78, 5) is 23.5. The summed E-state index contributed by atoms with van der Waals surface area (Å²) in [6.07, 6.45) is 6.88. The number of unbranched alkanes of at least 4 members (excludes halogenated alkanes) is 1. The minimum absolute atomic E-state index is 0.0341. The molecule has 2 aromatic heterocycles. The number of rotatable bonds is 6. The third kappa shape index (κ3) is 3.34. The Morgan fingerprint density at radius 1 is 1.42 bits per heavy atom. The zero-order valence-corrected chi connectivity index (χ0v) is 10.8. The molecule has 0 atom stereocenters. The summed E-state index contributed by atoms with van der Waals surface area (Å²) in [7, 11) is 0. The molecule has 2 heterocycles. The molecule has 19 heavy (non-hydrogen) atoms. The van der Waals surface area contributed by atoms with E-state index in [2.05, 4.69) is 27.0 Å². The van der Waals surface area contributed by atoms with Crippen LogP contribution in [0.15, 0.2) is 18.6 Å². The van der Waals surface area contributed by atoms with Crippen LogP contribution in [0.1, 0.15) is 25.6 Å². The van der Waals surface area contributed by atoms with Crippen molar-refractivity contribution in [2.24, 2.45) is 5.73 Å². The van der Waals surface area contributed by atoms with Crippen molar-refractivity contribution < 1.29 is 4.79 Å². The molecule has 7 nitrogen and oxygen atoms in total. The molecular weight excluding hydrogens is 244 g/mol. The Morgan fingerprint density at radius 2 is 2.26 bits per heavy atom. The minimum atomic E-state index is -0.446. The van der Waals surface area contributed by atoms with Gasteiger partial charge in [0, 0.05) is 18.9 Å². The van der Waals surface area contributed by atoms with Gasteiger partial charge in [0.25, 0.3) is 0 Å². The number of nitrogens with zero attached hydrogens (tertiary/aromatic N) is 5. The van der Waals surface area contributed by atoms with Crippen LogP contribution in [-0.4, -0.2) is 30.6 Å². The van der Waals surface area contributed by atoms with E-state index in [9.17, 15) is 4.79 Å². The van der Waals surface area contributed by atoms with Crippen LogP contribution in [-0.2, 0) is 17.8 Å². The Balaban J connectivity index is 2.33. The fourth-order valence-electron chi connectivity index (χ4n) is 1.69. The molecule has 0 saturated carbocycles. The lowest BCUT2D eigenvalue weighted by atomic mass is 10.3. The number of carbonyl (C=O) groups excluding carboxylic acids is 1. The number of nitrogens with two attached hydrogens (primary N) is 1. The lowest BCUT2D eigenvalue weighted by molar-refractivity contribution is -0.117. The van der Waals surface area contributed by atoms with Crippen LogP contribution >= 0.6 is 0 Å². The normalized spacial score (nSPS) is 10.6. The number of carbonyl (C=O) groups is 1. The van der Waals surface area contributed by atoms with E-state index in [0.717, 1.165) is 19.4 Å². The van der Waals surface area contributed by atoms with E-state index in [1.807, 2.05) is 0 Å². The highest BCUT2D eigenvalue weighted by atomic mass is 16.1. The van der Waals surface area contributed by atoms with E-state index in [1.54, 1.807) is 23.3 Å². The molecule has 1 amide bonds. The molecule has 0 aliphatic carbocycles. The largest absolute Gasteiger partial charge is 0.369 e. The molecule has 0 aliphatic rings. The van der Waals surface area contributed by atoms with Gasteiger partial charge in [-0.3, -0.25) is 9.78 Å². The predicted octanol–water partition coefficient (Wildman–Crippen LogP) is 0.563. The van der Waals surface area contributed by atoms with E-state index in [1.165, 1.54) is 0 Å². The van der Waals surface area contributed by atoms with Crippen molar-refractivity contribution >= 4 is 5.91 Å². The SMILES string of the molecule is CCCCn1nc(CC(N)=O)nc1-c1cnccn1. The van der Waals surface area contributed by atoms with Gasteiger partial charge in [-0.25, -0.2) is 14.6 Å². The monoisotopic (exact) mass is 260 g/mol. The average Bonchev–Trinajstić information content (AvgIpc) is 2.79. The number of hydrogen-bond donors (Lipinski definition) is 1. The highest BCUT2D eigenvalue weighted by molar-refractivity contribution is 5.75. The van der Waals surface area contributed by atoms with Gasteiger partial charge < -0.3 is 5.73 Å². The summed E-state index contributed by atoms with van der Waals surface area (Å²) in [6, 6.07) is 0. The minimum Gasteiger partial charge on any atom is -0.369 e. The molecule has 0 aromatic carbocycles. The van der Waals surface area contributed by atoms with Crippen LogP contribution in [0.2, 0.25) is 0 Å². The second-order valence-electron chi connectivity index (χ2n) is 4.16. The number of aromatic nitrogens is 5. The van der Waals surface area contributed by atoms with Crippen molar-refractivity contribution in [2.45, 2.75) is 32.7 Å². The van der Waals surface area contributed by atoms with Crippen LogP contribution in [0.25, 0.3) is 11.5 Å². The van der Waals surface area contributed by atoms with Gasteiger partial charge in [0.15, 0.2) is 11.6 Å².